The predicted molar refractivity (Wildman–Crippen MR) is 69.9 cm³/mol. The molecule has 0 bridgehead atoms. The Kier molecular flexibility index (Phi) is 3.84. The first kappa shape index (κ1) is 12.6. The number of aliphatic hydroxyl groups is 1. The highest BCUT2D eigenvalue weighted by Crippen LogP contribution is 2.43. The summed E-state index contributed by atoms with van der Waals surface area (Å²) in [6.07, 6.45) is 0.563. The second-order valence-electron chi connectivity index (χ2n) is 4.11. The van der Waals surface area contributed by atoms with E-state index < -0.39 is 6.10 Å². The van der Waals surface area contributed by atoms with E-state index in [1.165, 1.54) is 0 Å². The van der Waals surface area contributed by atoms with Crippen molar-refractivity contribution >= 4 is 11.8 Å². The molecule has 0 spiro atoms. The summed E-state index contributed by atoms with van der Waals surface area (Å²) < 4.78 is 10.6. The van der Waals surface area contributed by atoms with Crippen LogP contribution in [0.4, 0.5) is 0 Å². The number of ether oxygens (including phenoxy) is 2. The maximum Gasteiger partial charge on any atom is 0.161 e. The monoisotopic (exact) mass is 254 g/mol. The molecule has 2 atom stereocenters. The maximum atomic E-state index is 10.3. The number of hydrogen-bond acceptors (Lipinski definition) is 4. The van der Waals surface area contributed by atoms with E-state index in [2.05, 4.69) is 6.92 Å². The molecule has 0 amide bonds. The first-order valence-electron chi connectivity index (χ1n) is 5.75. The van der Waals surface area contributed by atoms with Gasteiger partial charge in [-0.05, 0) is 29.7 Å². The number of benzene rings is 1. The van der Waals surface area contributed by atoms with E-state index in [0.29, 0.717) is 5.75 Å². The molecule has 0 fully saturated rings. The maximum absolute atomic E-state index is 10.3. The van der Waals surface area contributed by atoms with E-state index in [9.17, 15) is 5.11 Å². The van der Waals surface area contributed by atoms with E-state index in [1.54, 1.807) is 26.0 Å². The molecule has 1 aliphatic heterocycles. The zero-order valence-corrected chi connectivity index (χ0v) is 11.2. The summed E-state index contributed by atoms with van der Waals surface area (Å²) in [5.74, 6) is 2.34. The van der Waals surface area contributed by atoms with E-state index in [4.69, 9.17) is 9.47 Å². The molecule has 94 valence electrons. The summed E-state index contributed by atoms with van der Waals surface area (Å²) in [6, 6.07) is 3.87. The van der Waals surface area contributed by atoms with Gasteiger partial charge in [-0.25, -0.2) is 0 Å². The normalized spacial score (nSPS) is 23.1. The summed E-state index contributed by atoms with van der Waals surface area (Å²) in [4.78, 5) is 0. The first-order valence-corrected chi connectivity index (χ1v) is 6.80. The van der Waals surface area contributed by atoms with Gasteiger partial charge in [-0.1, -0.05) is 6.92 Å². The third kappa shape index (κ3) is 2.24. The quantitative estimate of drug-likeness (QED) is 0.900. The van der Waals surface area contributed by atoms with Gasteiger partial charge in [-0.15, -0.1) is 0 Å². The summed E-state index contributed by atoms with van der Waals surface area (Å²) in [5.41, 5.74) is 2.12. The van der Waals surface area contributed by atoms with Gasteiger partial charge in [0, 0.05) is 11.0 Å². The minimum Gasteiger partial charge on any atom is -0.493 e. The number of thioether (sulfide) groups is 1. The Morgan fingerprint density at radius 3 is 2.53 bits per heavy atom. The average Bonchev–Trinajstić information content (AvgIpc) is 2.38. The molecule has 0 saturated carbocycles. The molecule has 2 unspecified atom stereocenters. The topological polar surface area (TPSA) is 38.7 Å². The number of fused-ring (bicyclic) bond motifs is 1. The van der Waals surface area contributed by atoms with Crippen LogP contribution in [0.5, 0.6) is 11.5 Å². The third-order valence-electron chi connectivity index (χ3n) is 3.17. The van der Waals surface area contributed by atoms with Crippen molar-refractivity contribution in [2.45, 2.75) is 30.5 Å². The number of hydrogen-bond donors (Lipinski definition) is 1. The van der Waals surface area contributed by atoms with Crippen LogP contribution in [-0.2, 0) is 5.75 Å². The summed E-state index contributed by atoms with van der Waals surface area (Å²) in [7, 11) is 3.25. The lowest BCUT2D eigenvalue weighted by Gasteiger charge is -2.29. The molecule has 0 radical (unpaired) electrons. The van der Waals surface area contributed by atoms with Gasteiger partial charge in [0.05, 0.1) is 20.3 Å². The summed E-state index contributed by atoms with van der Waals surface area (Å²) >= 11 is 1.80. The number of rotatable bonds is 3. The van der Waals surface area contributed by atoms with Crippen molar-refractivity contribution in [1.82, 2.24) is 0 Å². The molecule has 1 aromatic rings. The summed E-state index contributed by atoms with van der Waals surface area (Å²) in [6.45, 7) is 2.10. The fourth-order valence-electron chi connectivity index (χ4n) is 2.17. The van der Waals surface area contributed by atoms with Crippen molar-refractivity contribution in [3.63, 3.8) is 0 Å². The van der Waals surface area contributed by atoms with Crippen LogP contribution in [-0.4, -0.2) is 24.6 Å². The average molecular weight is 254 g/mol. The third-order valence-corrected chi connectivity index (χ3v) is 4.67. The minimum absolute atomic E-state index is 0.278. The van der Waals surface area contributed by atoms with Crippen LogP contribution in [0, 0.1) is 0 Å². The van der Waals surface area contributed by atoms with Gasteiger partial charge < -0.3 is 14.6 Å². The van der Waals surface area contributed by atoms with E-state index in [1.807, 2.05) is 12.1 Å². The van der Waals surface area contributed by atoms with Gasteiger partial charge in [0.2, 0.25) is 0 Å². The minimum atomic E-state index is -0.409. The molecule has 17 heavy (non-hydrogen) atoms. The van der Waals surface area contributed by atoms with Crippen molar-refractivity contribution in [3.8, 4) is 11.5 Å². The van der Waals surface area contributed by atoms with Gasteiger partial charge >= 0.3 is 0 Å². The molecule has 0 aromatic heterocycles. The molecular formula is C13H18O3S. The highest BCUT2D eigenvalue weighted by atomic mass is 32.2. The second-order valence-corrected chi connectivity index (χ2v) is 5.34. The molecule has 0 aliphatic carbocycles. The first-order chi connectivity index (χ1) is 8.21. The van der Waals surface area contributed by atoms with Gasteiger partial charge in [0.1, 0.15) is 0 Å². The number of methoxy groups -OCH3 is 2. The van der Waals surface area contributed by atoms with Crippen LogP contribution < -0.4 is 9.47 Å². The zero-order valence-electron chi connectivity index (χ0n) is 10.4. The van der Waals surface area contributed by atoms with Gasteiger partial charge in [-0.3, -0.25) is 0 Å². The van der Waals surface area contributed by atoms with Crippen molar-refractivity contribution in [3.05, 3.63) is 23.3 Å². The standard InChI is InChI=1S/C13H18O3S/c1-4-12-13(14)9-6-11(16-3)10(15-2)5-8(9)7-17-12/h5-6,12-14H,4,7H2,1-3H3. The van der Waals surface area contributed by atoms with Gasteiger partial charge in [0.15, 0.2) is 11.5 Å². The van der Waals surface area contributed by atoms with Crippen molar-refractivity contribution < 1.29 is 14.6 Å². The molecule has 3 nitrogen and oxygen atoms in total. The van der Waals surface area contributed by atoms with Crippen LogP contribution in [0.25, 0.3) is 0 Å². The van der Waals surface area contributed by atoms with Crippen molar-refractivity contribution in [1.29, 1.82) is 0 Å². The van der Waals surface area contributed by atoms with Crippen LogP contribution in [0.15, 0.2) is 12.1 Å². The Hall–Kier alpha value is -0.870. The molecule has 1 aliphatic rings. The SMILES string of the molecule is CCC1SCc2cc(OC)c(OC)cc2C1O. The molecular weight excluding hydrogens is 236 g/mol. The largest absolute Gasteiger partial charge is 0.493 e. The fourth-order valence-corrected chi connectivity index (χ4v) is 3.37. The molecule has 1 heterocycles. The second kappa shape index (κ2) is 5.19. The lowest BCUT2D eigenvalue weighted by atomic mass is 9.98. The molecule has 2 rings (SSSR count). The molecule has 4 heteroatoms. The van der Waals surface area contributed by atoms with E-state index in [-0.39, 0.29) is 5.25 Å². The van der Waals surface area contributed by atoms with Gasteiger partial charge in [-0.2, -0.15) is 11.8 Å². The fraction of sp³-hybridized carbons (Fsp3) is 0.538. The Balaban J connectivity index is 2.43. The number of aliphatic hydroxyl groups excluding tert-OH is 1. The van der Waals surface area contributed by atoms with Gasteiger partial charge in [0.25, 0.3) is 0 Å². The molecule has 0 saturated heterocycles. The zero-order chi connectivity index (χ0) is 12.4. The van der Waals surface area contributed by atoms with Crippen LogP contribution in [0.2, 0.25) is 0 Å². The van der Waals surface area contributed by atoms with E-state index in [0.717, 1.165) is 29.1 Å². The Morgan fingerprint density at radius 1 is 1.29 bits per heavy atom. The Labute approximate surface area is 106 Å². The van der Waals surface area contributed by atoms with Crippen molar-refractivity contribution in [2.75, 3.05) is 14.2 Å². The smallest absolute Gasteiger partial charge is 0.161 e. The molecule has 1 aromatic carbocycles. The highest BCUT2D eigenvalue weighted by Gasteiger charge is 2.28. The van der Waals surface area contributed by atoms with Crippen molar-refractivity contribution in [2.24, 2.45) is 0 Å². The van der Waals surface area contributed by atoms with Crippen LogP contribution in [0.3, 0.4) is 0 Å². The Morgan fingerprint density at radius 2 is 1.94 bits per heavy atom. The highest BCUT2D eigenvalue weighted by molar-refractivity contribution is 7.99. The summed E-state index contributed by atoms with van der Waals surface area (Å²) in [5, 5.41) is 10.6. The lowest BCUT2D eigenvalue weighted by Crippen LogP contribution is -2.20. The van der Waals surface area contributed by atoms with E-state index >= 15 is 0 Å². The van der Waals surface area contributed by atoms with Crippen LogP contribution >= 0.6 is 11.8 Å². The van der Waals surface area contributed by atoms with Crippen LogP contribution in [0.1, 0.15) is 30.6 Å². The molecule has 1 N–H and O–H groups in total. The lowest BCUT2D eigenvalue weighted by molar-refractivity contribution is 0.169. The Bertz CT molecular complexity index is 406. The predicted octanol–water partition coefficient (Wildman–Crippen LogP) is 2.76.